The predicted octanol–water partition coefficient (Wildman–Crippen LogP) is 3.95. The number of rotatable bonds is 2. The Morgan fingerprint density at radius 2 is 1.42 bits per heavy atom. The number of nitrogens with one attached hydrogen (secondary N) is 1. The normalized spacial score (nSPS) is 12.4. The van der Waals surface area contributed by atoms with Crippen molar-refractivity contribution in [2.24, 2.45) is 0 Å². The maximum Gasteiger partial charge on any atom is 0.471 e. The van der Waals surface area contributed by atoms with E-state index in [4.69, 9.17) is 0 Å². The Bertz CT molecular complexity index is 838. The summed E-state index contributed by atoms with van der Waals surface area (Å²) in [6.45, 7) is 0. The molecule has 26 heavy (non-hydrogen) atoms. The summed E-state index contributed by atoms with van der Waals surface area (Å²) in [5.74, 6) is -14.6. The molecule has 1 N–H and O–H groups in total. The summed E-state index contributed by atoms with van der Waals surface area (Å²) in [4.78, 5) is 10.8. The quantitative estimate of drug-likeness (QED) is 0.619. The van der Waals surface area contributed by atoms with E-state index >= 15 is 0 Å². The zero-order chi connectivity index (χ0) is 20.0. The minimum absolute atomic E-state index is 0.235. The second-order valence-corrected chi connectivity index (χ2v) is 4.56. The first kappa shape index (κ1) is 19.5. The van der Waals surface area contributed by atoms with Gasteiger partial charge in [0, 0.05) is 6.07 Å². The van der Waals surface area contributed by atoms with E-state index in [1.165, 1.54) is 0 Å². The summed E-state index contributed by atoms with van der Waals surface area (Å²) >= 11 is 0. The van der Waals surface area contributed by atoms with Gasteiger partial charge in [-0.2, -0.15) is 31.4 Å². The van der Waals surface area contributed by atoms with E-state index in [0.717, 1.165) is 5.32 Å². The van der Waals surface area contributed by atoms with Crippen molar-refractivity contribution < 1.29 is 48.7 Å². The van der Waals surface area contributed by atoms with Crippen molar-refractivity contribution in [3.8, 4) is 5.69 Å². The molecule has 0 saturated carbocycles. The van der Waals surface area contributed by atoms with Gasteiger partial charge in [0.05, 0.1) is 6.20 Å². The highest BCUT2D eigenvalue weighted by Crippen LogP contribution is 2.38. The fourth-order valence-electron chi connectivity index (χ4n) is 1.82. The van der Waals surface area contributed by atoms with Gasteiger partial charge in [-0.05, 0) is 0 Å². The molecule has 0 aliphatic heterocycles. The Hall–Kier alpha value is -2.80. The Labute approximate surface area is 136 Å². The zero-order valence-electron chi connectivity index (χ0n) is 11.7. The first-order valence-corrected chi connectivity index (χ1v) is 6.12. The van der Waals surface area contributed by atoms with Crippen LogP contribution in [-0.2, 0) is 11.0 Å². The van der Waals surface area contributed by atoms with E-state index in [1.807, 2.05) is 0 Å². The summed E-state index contributed by atoms with van der Waals surface area (Å²) in [5.41, 5.74) is -4.76. The van der Waals surface area contributed by atoms with Gasteiger partial charge in [-0.1, -0.05) is 0 Å². The molecule has 0 saturated heterocycles. The molecule has 0 radical (unpaired) electrons. The lowest BCUT2D eigenvalue weighted by molar-refractivity contribution is -0.167. The van der Waals surface area contributed by atoms with Gasteiger partial charge in [0.1, 0.15) is 17.1 Å². The van der Waals surface area contributed by atoms with E-state index in [9.17, 15) is 48.7 Å². The lowest BCUT2D eigenvalue weighted by Gasteiger charge is -2.16. The highest BCUT2D eigenvalue weighted by molar-refractivity contribution is 5.94. The van der Waals surface area contributed by atoms with Crippen LogP contribution >= 0.6 is 0 Å². The first-order valence-electron chi connectivity index (χ1n) is 6.12. The van der Waals surface area contributed by atoms with Crippen molar-refractivity contribution in [3.05, 3.63) is 41.1 Å². The average Bonchev–Trinajstić information content (AvgIpc) is 2.91. The molecule has 1 amide bonds. The fourth-order valence-corrected chi connectivity index (χ4v) is 1.82. The highest BCUT2D eigenvalue weighted by atomic mass is 19.4. The number of alkyl halides is 6. The first-order chi connectivity index (χ1) is 11.8. The molecule has 0 aliphatic rings. The Balaban J connectivity index is 2.66. The van der Waals surface area contributed by atoms with Crippen LogP contribution in [0.25, 0.3) is 5.69 Å². The summed E-state index contributed by atoms with van der Waals surface area (Å²) in [7, 11) is 0. The van der Waals surface area contributed by atoms with Gasteiger partial charge in [-0.15, -0.1) is 0 Å². The molecule has 2 aromatic rings. The number of hydrogen-bond acceptors (Lipinski definition) is 2. The molecule has 4 nitrogen and oxygen atoms in total. The lowest BCUT2D eigenvalue weighted by atomic mass is 10.1. The van der Waals surface area contributed by atoms with Gasteiger partial charge in [0.25, 0.3) is 0 Å². The second kappa shape index (κ2) is 6.17. The van der Waals surface area contributed by atoms with E-state index in [0.29, 0.717) is 12.3 Å². The van der Waals surface area contributed by atoms with Crippen molar-refractivity contribution in [3.63, 3.8) is 0 Å². The third kappa shape index (κ3) is 3.30. The number of aromatic nitrogens is 2. The molecule has 1 heterocycles. The van der Waals surface area contributed by atoms with Gasteiger partial charge < -0.3 is 5.32 Å². The lowest BCUT2D eigenvalue weighted by Crippen LogP contribution is -2.31. The number of nitrogens with zero attached hydrogens (tertiary/aromatic N) is 2. The SMILES string of the molecule is O=C(Nc1ccnn1-c1c(F)c(F)c(C(F)(F)F)c(F)c1F)C(F)(F)F. The summed E-state index contributed by atoms with van der Waals surface area (Å²) in [5, 5.41) is 4.16. The van der Waals surface area contributed by atoms with Gasteiger partial charge in [0.15, 0.2) is 23.3 Å². The number of halogens is 10. The molecule has 14 heteroatoms. The molecule has 0 spiro atoms. The van der Waals surface area contributed by atoms with Crippen molar-refractivity contribution in [2.45, 2.75) is 12.4 Å². The molecule has 1 aromatic carbocycles. The van der Waals surface area contributed by atoms with Crippen LogP contribution in [0.15, 0.2) is 12.3 Å². The maximum absolute atomic E-state index is 13.9. The highest BCUT2D eigenvalue weighted by Gasteiger charge is 2.43. The smallest absolute Gasteiger partial charge is 0.303 e. The summed E-state index contributed by atoms with van der Waals surface area (Å²) in [6.07, 6.45) is -10.7. The summed E-state index contributed by atoms with van der Waals surface area (Å²) in [6, 6.07) is 0.552. The van der Waals surface area contributed by atoms with E-state index < -0.39 is 58.6 Å². The largest absolute Gasteiger partial charge is 0.471 e. The second-order valence-electron chi connectivity index (χ2n) is 4.56. The predicted molar refractivity (Wildman–Crippen MR) is 63.1 cm³/mol. The Morgan fingerprint density at radius 1 is 0.923 bits per heavy atom. The summed E-state index contributed by atoms with van der Waals surface area (Å²) < 4.78 is 129. The molecule has 142 valence electrons. The van der Waals surface area contributed by atoms with Gasteiger partial charge >= 0.3 is 18.3 Å². The standard InChI is InChI=1S/C12H3F10N3O/c13-5-4(11(17,18)19)6(14)8(16)9(7(5)15)25-3(1-2-23-25)24-10(26)12(20,21)22/h1-2H,(H,24,26). The van der Waals surface area contributed by atoms with Crippen molar-refractivity contribution in [1.29, 1.82) is 0 Å². The van der Waals surface area contributed by atoms with Crippen LogP contribution in [-0.4, -0.2) is 21.9 Å². The number of amides is 1. The Morgan fingerprint density at radius 3 is 1.85 bits per heavy atom. The van der Waals surface area contributed by atoms with Crippen LogP contribution in [0.1, 0.15) is 5.56 Å². The fraction of sp³-hybridized carbons (Fsp3) is 0.167. The number of anilines is 1. The molecular formula is C12H3F10N3O. The van der Waals surface area contributed by atoms with E-state index in [1.54, 1.807) is 0 Å². The van der Waals surface area contributed by atoms with Crippen molar-refractivity contribution in [2.75, 3.05) is 5.32 Å². The minimum atomic E-state index is -5.80. The zero-order valence-corrected chi connectivity index (χ0v) is 11.7. The maximum atomic E-state index is 13.9. The van der Waals surface area contributed by atoms with E-state index in [-0.39, 0.29) is 4.68 Å². The number of benzene rings is 1. The monoisotopic (exact) mass is 395 g/mol. The van der Waals surface area contributed by atoms with Crippen LogP contribution in [0.5, 0.6) is 0 Å². The van der Waals surface area contributed by atoms with E-state index in [2.05, 4.69) is 5.10 Å². The van der Waals surface area contributed by atoms with Crippen LogP contribution < -0.4 is 5.32 Å². The number of carbonyl (C=O) groups is 1. The van der Waals surface area contributed by atoms with Crippen LogP contribution in [0.4, 0.5) is 49.7 Å². The molecule has 1 aromatic heterocycles. The molecule has 0 fully saturated rings. The third-order valence-electron chi connectivity index (χ3n) is 2.88. The number of hydrogen-bond donors (Lipinski definition) is 1. The van der Waals surface area contributed by atoms with Crippen LogP contribution in [0.3, 0.4) is 0 Å². The topological polar surface area (TPSA) is 46.9 Å². The van der Waals surface area contributed by atoms with Crippen LogP contribution in [0.2, 0.25) is 0 Å². The van der Waals surface area contributed by atoms with Crippen molar-refractivity contribution >= 4 is 11.7 Å². The number of carbonyl (C=O) groups excluding carboxylic acids is 1. The molecule has 0 bridgehead atoms. The van der Waals surface area contributed by atoms with Gasteiger partial charge in [-0.25, -0.2) is 22.2 Å². The molecule has 0 aliphatic carbocycles. The Kier molecular flexibility index (Phi) is 4.64. The molecule has 0 atom stereocenters. The average molecular weight is 395 g/mol. The van der Waals surface area contributed by atoms with Gasteiger partial charge in [-0.3, -0.25) is 4.79 Å². The van der Waals surface area contributed by atoms with Gasteiger partial charge in [0.2, 0.25) is 0 Å². The minimum Gasteiger partial charge on any atom is -0.303 e. The molecule has 0 unspecified atom stereocenters. The van der Waals surface area contributed by atoms with Crippen molar-refractivity contribution in [1.82, 2.24) is 9.78 Å². The third-order valence-corrected chi connectivity index (χ3v) is 2.88. The molecular weight excluding hydrogens is 392 g/mol. The van der Waals surface area contributed by atoms with Crippen LogP contribution in [0, 0.1) is 23.3 Å². The molecule has 2 rings (SSSR count).